The van der Waals surface area contributed by atoms with Crippen molar-refractivity contribution in [3.8, 4) is 0 Å². The van der Waals surface area contributed by atoms with E-state index in [0.29, 0.717) is 0 Å². The summed E-state index contributed by atoms with van der Waals surface area (Å²) in [6, 6.07) is 15.0. The Bertz CT molecular complexity index is 740. The number of piperidine rings is 1. The van der Waals surface area contributed by atoms with Gasteiger partial charge in [-0.1, -0.05) is 30.3 Å². The van der Waals surface area contributed by atoms with Gasteiger partial charge in [0, 0.05) is 29.9 Å². The van der Waals surface area contributed by atoms with Crippen LogP contribution in [0.4, 0.5) is 10.1 Å². The number of ether oxygens (including phenoxy) is 2. The zero-order valence-corrected chi connectivity index (χ0v) is 12.7. The van der Waals surface area contributed by atoms with Gasteiger partial charge in [0.1, 0.15) is 17.5 Å². The summed E-state index contributed by atoms with van der Waals surface area (Å²) in [6.45, 7) is 1.86. The SMILES string of the molecule is Fc1ccc2c(c1)C1OC(c3ccccc3)OC13CCN2CC3. The van der Waals surface area contributed by atoms with Gasteiger partial charge in [0.2, 0.25) is 0 Å². The molecule has 4 heterocycles. The van der Waals surface area contributed by atoms with Gasteiger partial charge in [-0.15, -0.1) is 0 Å². The minimum Gasteiger partial charge on any atom is -0.371 e. The van der Waals surface area contributed by atoms with Gasteiger partial charge in [-0.2, -0.15) is 0 Å². The maximum Gasteiger partial charge on any atom is 0.185 e. The molecule has 0 amide bonds. The van der Waals surface area contributed by atoms with Crippen LogP contribution in [-0.2, 0) is 9.47 Å². The second-order valence-electron chi connectivity index (χ2n) is 6.63. The van der Waals surface area contributed by atoms with Crippen LogP contribution in [0.2, 0.25) is 0 Å². The number of nitrogens with zero attached hydrogens (tertiary/aromatic N) is 1. The van der Waals surface area contributed by atoms with E-state index in [0.717, 1.165) is 42.7 Å². The Labute approximate surface area is 134 Å². The molecule has 2 fully saturated rings. The van der Waals surface area contributed by atoms with Crippen LogP contribution in [0.25, 0.3) is 0 Å². The van der Waals surface area contributed by atoms with E-state index in [9.17, 15) is 4.39 Å². The van der Waals surface area contributed by atoms with Gasteiger partial charge in [-0.05, 0) is 31.0 Å². The quantitative estimate of drug-likeness (QED) is 0.795. The molecule has 2 unspecified atom stereocenters. The first-order chi connectivity index (χ1) is 11.3. The van der Waals surface area contributed by atoms with Crippen molar-refractivity contribution >= 4 is 5.69 Å². The largest absolute Gasteiger partial charge is 0.371 e. The molecule has 4 aliphatic heterocycles. The fraction of sp³-hybridized carbons (Fsp3) is 0.368. The molecule has 0 aromatic heterocycles. The van der Waals surface area contributed by atoms with E-state index in [1.165, 1.54) is 6.07 Å². The monoisotopic (exact) mass is 311 g/mol. The fourth-order valence-corrected chi connectivity index (χ4v) is 4.19. The molecular formula is C19H18FNO2. The Morgan fingerprint density at radius 2 is 1.83 bits per heavy atom. The van der Waals surface area contributed by atoms with Crippen molar-refractivity contribution in [1.82, 2.24) is 0 Å². The Kier molecular flexibility index (Phi) is 2.82. The first-order valence-electron chi connectivity index (χ1n) is 8.18. The highest BCUT2D eigenvalue weighted by Gasteiger charge is 2.55. The van der Waals surface area contributed by atoms with Gasteiger partial charge < -0.3 is 14.4 Å². The number of halogens is 1. The molecule has 0 radical (unpaired) electrons. The average Bonchev–Trinajstić information content (AvgIpc) is 2.85. The number of hydrogen-bond donors (Lipinski definition) is 0. The molecular weight excluding hydrogens is 293 g/mol. The third-order valence-electron chi connectivity index (χ3n) is 5.37. The van der Waals surface area contributed by atoms with Crippen molar-refractivity contribution in [3.05, 3.63) is 65.5 Å². The Morgan fingerprint density at radius 3 is 2.61 bits per heavy atom. The minimum atomic E-state index is -0.373. The fourth-order valence-electron chi connectivity index (χ4n) is 4.19. The van der Waals surface area contributed by atoms with E-state index < -0.39 is 0 Å². The summed E-state index contributed by atoms with van der Waals surface area (Å²) in [5.74, 6) is -0.215. The maximum atomic E-state index is 13.9. The van der Waals surface area contributed by atoms with Gasteiger partial charge in [-0.25, -0.2) is 4.39 Å². The molecule has 118 valence electrons. The van der Waals surface area contributed by atoms with Crippen LogP contribution in [0.1, 0.15) is 36.4 Å². The zero-order chi connectivity index (χ0) is 15.4. The molecule has 0 saturated carbocycles. The van der Waals surface area contributed by atoms with Gasteiger partial charge >= 0.3 is 0 Å². The highest BCUT2D eigenvalue weighted by atomic mass is 19.1. The van der Waals surface area contributed by atoms with Crippen molar-refractivity contribution in [2.45, 2.75) is 30.8 Å². The van der Waals surface area contributed by atoms with Crippen molar-refractivity contribution in [1.29, 1.82) is 0 Å². The molecule has 3 nitrogen and oxygen atoms in total. The summed E-state index contributed by atoms with van der Waals surface area (Å²) in [7, 11) is 0. The molecule has 1 spiro atoms. The smallest absolute Gasteiger partial charge is 0.185 e. The van der Waals surface area contributed by atoms with Crippen molar-refractivity contribution in [2.75, 3.05) is 18.0 Å². The molecule has 2 atom stereocenters. The average molecular weight is 311 g/mol. The summed E-state index contributed by atoms with van der Waals surface area (Å²) in [6.07, 6.45) is 1.25. The molecule has 2 aromatic carbocycles. The van der Waals surface area contributed by atoms with Crippen LogP contribution < -0.4 is 4.90 Å². The molecule has 4 heteroatoms. The van der Waals surface area contributed by atoms with Gasteiger partial charge in [0.25, 0.3) is 0 Å². The van der Waals surface area contributed by atoms with Gasteiger partial charge in [0.15, 0.2) is 6.29 Å². The number of hydrogen-bond acceptors (Lipinski definition) is 3. The molecule has 2 saturated heterocycles. The highest BCUT2D eigenvalue weighted by Crippen LogP contribution is 2.56. The Morgan fingerprint density at radius 1 is 1.04 bits per heavy atom. The predicted octanol–water partition coefficient (Wildman–Crippen LogP) is 3.97. The first kappa shape index (κ1) is 13.5. The van der Waals surface area contributed by atoms with E-state index >= 15 is 0 Å². The molecule has 23 heavy (non-hydrogen) atoms. The number of anilines is 1. The Hall–Kier alpha value is -1.91. The summed E-state index contributed by atoms with van der Waals surface area (Å²) >= 11 is 0. The number of rotatable bonds is 1. The lowest BCUT2D eigenvalue weighted by Crippen LogP contribution is -2.44. The topological polar surface area (TPSA) is 21.7 Å². The summed E-state index contributed by atoms with van der Waals surface area (Å²) in [5, 5.41) is 0. The minimum absolute atomic E-state index is 0.203. The normalized spacial score (nSPS) is 31.6. The van der Waals surface area contributed by atoms with Crippen molar-refractivity contribution < 1.29 is 13.9 Å². The van der Waals surface area contributed by atoms with E-state index in [-0.39, 0.29) is 23.8 Å². The van der Waals surface area contributed by atoms with Crippen LogP contribution in [-0.4, -0.2) is 18.7 Å². The van der Waals surface area contributed by atoms with Crippen LogP contribution in [0.5, 0.6) is 0 Å². The molecule has 6 rings (SSSR count). The van der Waals surface area contributed by atoms with Crippen LogP contribution in [0.3, 0.4) is 0 Å². The predicted molar refractivity (Wildman–Crippen MR) is 84.7 cm³/mol. The summed E-state index contributed by atoms with van der Waals surface area (Å²) < 4.78 is 26.6. The lowest BCUT2D eigenvalue weighted by Gasteiger charge is -2.37. The van der Waals surface area contributed by atoms with E-state index in [1.807, 2.05) is 36.4 Å². The third-order valence-corrected chi connectivity index (χ3v) is 5.37. The zero-order valence-electron chi connectivity index (χ0n) is 12.7. The second kappa shape index (κ2) is 4.79. The highest BCUT2D eigenvalue weighted by molar-refractivity contribution is 5.58. The molecule has 2 bridgehead atoms. The molecule has 4 aliphatic rings. The van der Waals surface area contributed by atoms with Crippen LogP contribution >= 0.6 is 0 Å². The Balaban J connectivity index is 1.61. The van der Waals surface area contributed by atoms with E-state index in [1.54, 1.807) is 6.07 Å². The number of benzene rings is 2. The molecule has 0 N–H and O–H groups in total. The lowest BCUT2D eigenvalue weighted by atomic mass is 9.85. The second-order valence-corrected chi connectivity index (χ2v) is 6.63. The van der Waals surface area contributed by atoms with E-state index in [2.05, 4.69) is 4.90 Å². The third kappa shape index (κ3) is 1.95. The van der Waals surface area contributed by atoms with E-state index in [4.69, 9.17) is 9.47 Å². The molecule has 2 aromatic rings. The standard InChI is InChI=1S/C19H18FNO2/c20-14-6-7-16-15(12-14)17-19(8-10-21(16)11-9-19)23-18(22-17)13-4-2-1-3-5-13/h1-7,12,17-18H,8-11H2. The first-order valence-corrected chi connectivity index (χ1v) is 8.18. The summed E-state index contributed by atoms with van der Waals surface area (Å²) in [5.41, 5.74) is 2.71. The van der Waals surface area contributed by atoms with Crippen molar-refractivity contribution in [2.24, 2.45) is 0 Å². The van der Waals surface area contributed by atoms with Crippen LogP contribution in [0.15, 0.2) is 48.5 Å². The van der Waals surface area contributed by atoms with Crippen molar-refractivity contribution in [3.63, 3.8) is 0 Å². The number of fused-ring (bicyclic) bond motifs is 2. The van der Waals surface area contributed by atoms with Gasteiger partial charge in [-0.3, -0.25) is 0 Å². The van der Waals surface area contributed by atoms with Crippen LogP contribution in [0, 0.1) is 5.82 Å². The maximum absolute atomic E-state index is 13.9. The van der Waals surface area contributed by atoms with Gasteiger partial charge in [0.05, 0.1) is 0 Å². The lowest BCUT2D eigenvalue weighted by molar-refractivity contribution is -0.0994. The summed E-state index contributed by atoms with van der Waals surface area (Å²) in [4.78, 5) is 2.32. The molecule has 0 aliphatic carbocycles.